The highest BCUT2D eigenvalue weighted by Gasteiger charge is 2.36. The molecule has 18 heavy (non-hydrogen) atoms. The van der Waals surface area contributed by atoms with Crippen molar-refractivity contribution in [2.24, 2.45) is 0 Å². The van der Waals surface area contributed by atoms with Crippen LogP contribution in [0.25, 0.3) is 0 Å². The van der Waals surface area contributed by atoms with Crippen LogP contribution in [0.15, 0.2) is 0 Å². The number of likely N-dealkylation sites (tertiary alicyclic amines) is 1. The number of halogens is 1. The van der Waals surface area contributed by atoms with E-state index in [-0.39, 0.29) is 24.0 Å². The summed E-state index contributed by atoms with van der Waals surface area (Å²) in [6, 6.07) is -0.215. The lowest BCUT2D eigenvalue weighted by atomic mass is 9.95. The third-order valence-electron chi connectivity index (χ3n) is 3.11. The van der Waals surface area contributed by atoms with Crippen LogP contribution in [0.5, 0.6) is 0 Å². The average molecular weight is 322 g/mol. The van der Waals surface area contributed by atoms with Crippen LogP contribution in [-0.4, -0.2) is 54.5 Å². The minimum Gasteiger partial charge on any atom is -0.450 e. The van der Waals surface area contributed by atoms with Crippen molar-refractivity contribution in [1.29, 1.82) is 0 Å². The van der Waals surface area contributed by atoms with E-state index >= 15 is 0 Å². The molecule has 2 atom stereocenters. The standard InChI is InChI=1S/C12H20BrNO4/c1-3-18-12(16)14-6-4-5-11(17-2)10(14)7-9(15)8-13/h10-11H,3-8H2,1-2H3/t10-,11-/m1/s1. The highest BCUT2D eigenvalue weighted by molar-refractivity contribution is 9.09. The fourth-order valence-corrected chi connectivity index (χ4v) is 2.49. The third kappa shape index (κ3) is 3.95. The molecule has 0 spiro atoms. The zero-order chi connectivity index (χ0) is 13.5. The van der Waals surface area contributed by atoms with Crippen molar-refractivity contribution in [3.05, 3.63) is 0 Å². The first-order chi connectivity index (χ1) is 8.63. The van der Waals surface area contributed by atoms with Crippen molar-refractivity contribution in [3.8, 4) is 0 Å². The van der Waals surface area contributed by atoms with Crippen LogP contribution >= 0.6 is 15.9 Å². The van der Waals surface area contributed by atoms with Crippen molar-refractivity contribution >= 4 is 27.8 Å². The molecule has 0 N–H and O–H groups in total. The summed E-state index contributed by atoms with van der Waals surface area (Å²) in [7, 11) is 1.62. The van der Waals surface area contributed by atoms with E-state index in [2.05, 4.69) is 15.9 Å². The summed E-state index contributed by atoms with van der Waals surface area (Å²) in [5.74, 6) is 0.0678. The summed E-state index contributed by atoms with van der Waals surface area (Å²) >= 11 is 3.15. The van der Waals surface area contributed by atoms with Crippen LogP contribution in [0.1, 0.15) is 26.2 Å². The molecule has 1 aliphatic heterocycles. The van der Waals surface area contributed by atoms with Gasteiger partial charge in [0.15, 0.2) is 0 Å². The minimum atomic E-state index is -0.355. The van der Waals surface area contributed by atoms with E-state index in [1.807, 2.05) is 0 Å². The van der Waals surface area contributed by atoms with Crippen LogP contribution < -0.4 is 0 Å². The Kier molecular flexibility index (Phi) is 6.63. The van der Waals surface area contributed by atoms with Crippen LogP contribution in [0.2, 0.25) is 0 Å². The highest BCUT2D eigenvalue weighted by atomic mass is 79.9. The molecule has 0 aliphatic carbocycles. The largest absolute Gasteiger partial charge is 0.450 e. The number of ether oxygens (including phenoxy) is 2. The SMILES string of the molecule is CCOC(=O)N1CCC[C@@H](OC)[C@H]1CC(=O)CBr. The van der Waals surface area contributed by atoms with Gasteiger partial charge in [0.05, 0.1) is 24.1 Å². The predicted molar refractivity (Wildman–Crippen MR) is 71.0 cm³/mol. The fourth-order valence-electron chi connectivity index (χ4n) is 2.26. The summed E-state index contributed by atoms with van der Waals surface area (Å²) in [5.41, 5.74) is 0. The van der Waals surface area contributed by atoms with Gasteiger partial charge in [-0.3, -0.25) is 4.79 Å². The number of rotatable bonds is 5. The summed E-state index contributed by atoms with van der Waals surface area (Å²) in [6.45, 7) is 2.74. The number of alkyl halides is 1. The summed E-state index contributed by atoms with van der Waals surface area (Å²) in [5, 5.41) is 0.302. The number of nitrogens with zero attached hydrogens (tertiary/aromatic N) is 1. The molecule has 104 valence electrons. The topological polar surface area (TPSA) is 55.8 Å². The first kappa shape index (κ1) is 15.4. The maximum Gasteiger partial charge on any atom is 0.410 e. The minimum absolute atomic E-state index is 0.0678. The van der Waals surface area contributed by atoms with Gasteiger partial charge >= 0.3 is 6.09 Å². The van der Waals surface area contributed by atoms with Gasteiger partial charge in [0, 0.05) is 20.1 Å². The Hall–Kier alpha value is -0.620. The molecule has 0 radical (unpaired) electrons. The summed E-state index contributed by atoms with van der Waals surface area (Å²) in [4.78, 5) is 25.1. The van der Waals surface area contributed by atoms with Gasteiger partial charge < -0.3 is 14.4 Å². The maximum absolute atomic E-state index is 11.9. The van der Waals surface area contributed by atoms with E-state index in [1.165, 1.54) is 0 Å². The van der Waals surface area contributed by atoms with Crippen molar-refractivity contribution in [2.45, 2.75) is 38.3 Å². The Bertz CT molecular complexity index is 298. The van der Waals surface area contributed by atoms with E-state index < -0.39 is 0 Å². The van der Waals surface area contributed by atoms with Gasteiger partial charge in [-0.2, -0.15) is 0 Å². The second kappa shape index (κ2) is 7.74. The maximum atomic E-state index is 11.9. The van der Waals surface area contributed by atoms with Gasteiger partial charge in [-0.25, -0.2) is 4.79 Å². The van der Waals surface area contributed by atoms with E-state index in [1.54, 1.807) is 18.9 Å². The molecule has 0 unspecified atom stereocenters. The molecule has 0 aromatic carbocycles. The summed E-state index contributed by atoms with van der Waals surface area (Å²) < 4.78 is 10.4. The quantitative estimate of drug-likeness (QED) is 0.726. The lowest BCUT2D eigenvalue weighted by Crippen LogP contribution is -2.52. The first-order valence-corrected chi connectivity index (χ1v) is 7.30. The molecule has 0 aromatic heterocycles. The number of amides is 1. The van der Waals surface area contributed by atoms with E-state index in [0.29, 0.717) is 24.9 Å². The second-order valence-electron chi connectivity index (χ2n) is 4.25. The Balaban J connectivity index is 2.76. The summed E-state index contributed by atoms with van der Waals surface area (Å²) in [6.07, 6.45) is 1.60. The molecule has 0 saturated carbocycles. The van der Waals surface area contributed by atoms with Gasteiger partial charge in [0.2, 0.25) is 0 Å². The second-order valence-corrected chi connectivity index (χ2v) is 4.81. The normalized spacial score (nSPS) is 23.8. The number of carbonyl (C=O) groups excluding carboxylic acids is 2. The van der Waals surface area contributed by atoms with Crippen molar-refractivity contribution < 1.29 is 19.1 Å². The smallest absolute Gasteiger partial charge is 0.410 e. The third-order valence-corrected chi connectivity index (χ3v) is 3.73. The number of Topliss-reactive ketones (excluding diaryl/α,β-unsaturated/α-hetero) is 1. The first-order valence-electron chi connectivity index (χ1n) is 6.17. The van der Waals surface area contributed by atoms with Gasteiger partial charge in [0.1, 0.15) is 5.78 Å². The molecular formula is C12H20BrNO4. The molecule has 0 bridgehead atoms. The van der Waals surface area contributed by atoms with E-state index in [9.17, 15) is 9.59 Å². The molecule has 1 rings (SSSR count). The monoisotopic (exact) mass is 321 g/mol. The molecule has 1 aliphatic rings. The number of methoxy groups -OCH3 is 1. The fraction of sp³-hybridized carbons (Fsp3) is 0.833. The van der Waals surface area contributed by atoms with Gasteiger partial charge in [-0.1, -0.05) is 15.9 Å². The number of hydrogen-bond donors (Lipinski definition) is 0. The van der Waals surface area contributed by atoms with E-state index in [0.717, 1.165) is 12.8 Å². The Labute approximate surface area is 116 Å². The van der Waals surface area contributed by atoms with Crippen LogP contribution in [0.4, 0.5) is 4.79 Å². The van der Waals surface area contributed by atoms with Crippen LogP contribution in [0.3, 0.4) is 0 Å². The molecule has 1 amide bonds. The number of carbonyl (C=O) groups is 2. The molecule has 0 aromatic rings. The number of ketones is 1. The van der Waals surface area contributed by atoms with Crippen LogP contribution in [0, 0.1) is 0 Å². The highest BCUT2D eigenvalue weighted by Crippen LogP contribution is 2.24. The molecule has 1 fully saturated rings. The lowest BCUT2D eigenvalue weighted by Gasteiger charge is -2.39. The van der Waals surface area contributed by atoms with Gasteiger partial charge in [-0.05, 0) is 19.8 Å². The Morgan fingerprint density at radius 1 is 1.44 bits per heavy atom. The van der Waals surface area contributed by atoms with Crippen LogP contribution in [-0.2, 0) is 14.3 Å². The average Bonchev–Trinajstić information content (AvgIpc) is 2.38. The molecule has 1 saturated heterocycles. The molecule has 1 heterocycles. The van der Waals surface area contributed by atoms with Crippen molar-refractivity contribution in [3.63, 3.8) is 0 Å². The van der Waals surface area contributed by atoms with Crippen molar-refractivity contribution in [1.82, 2.24) is 4.90 Å². The Morgan fingerprint density at radius 3 is 2.72 bits per heavy atom. The zero-order valence-electron chi connectivity index (χ0n) is 10.9. The Morgan fingerprint density at radius 2 is 2.17 bits per heavy atom. The lowest BCUT2D eigenvalue weighted by molar-refractivity contribution is -0.119. The van der Waals surface area contributed by atoms with E-state index in [4.69, 9.17) is 9.47 Å². The number of hydrogen-bond acceptors (Lipinski definition) is 4. The number of piperidine rings is 1. The van der Waals surface area contributed by atoms with Crippen molar-refractivity contribution in [2.75, 3.05) is 25.6 Å². The van der Waals surface area contributed by atoms with Gasteiger partial charge in [0.25, 0.3) is 0 Å². The zero-order valence-corrected chi connectivity index (χ0v) is 12.4. The van der Waals surface area contributed by atoms with Gasteiger partial charge in [-0.15, -0.1) is 0 Å². The predicted octanol–water partition coefficient (Wildman–Crippen LogP) is 1.98. The molecule has 5 nitrogen and oxygen atoms in total. The molecular weight excluding hydrogens is 302 g/mol. The molecule has 6 heteroatoms.